The number of nitrogens with one attached hydrogen (secondary N) is 2. The first-order valence-corrected chi connectivity index (χ1v) is 9.36. The number of nitrogens with zero attached hydrogens (tertiary/aromatic N) is 1. The van der Waals surface area contributed by atoms with E-state index in [1.54, 1.807) is 31.2 Å². The molecule has 0 bridgehead atoms. The van der Waals surface area contributed by atoms with Crippen molar-refractivity contribution in [1.29, 1.82) is 0 Å². The summed E-state index contributed by atoms with van der Waals surface area (Å²) in [6, 6.07) is 17.4. The Bertz CT molecular complexity index is 754. The van der Waals surface area contributed by atoms with Crippen LogP contribution in [0.4, 0.5) is 10.5 Å². The summed E-state index contributed by atoms with van der Waals surface area (Å²) in [4.78, 5) is 27.5. The van der Waals surface area contributed by atoms with Crippen LogP contribution in [-0.4, -0.2) is 49.7 Å². The Labute approximate surface area is 159 Å². The molecule has 0 saturated carbocycles. The molecular weight excluding hydrogens is 342 g/mol. The minimum atomic E-state index is -0.492. The molecule has 1 aliphatic heterocycles. The average Bonchev–Trinajstić information content (AvgIpc) is 2.70. The molecular formula is C21H26N3O3+. The molecule has 2 N–H and O–H groups in total. The van der Waals surface area contributed by atoms with Crippen molar-refractivity contribution in [3.05, 3.63) is 65.7 Å². The Morgan fingerprint density at radius 1 is 1.04 bits per heavy atom. The van der Waals surface area contributed by atoms with Crippen LogP contribution in [-0.2, 0) is 11.3 Å². The van der Waals surface area contributed by atoms with Gasteiger partial charge in [-0.05, 0) is 31.2 Å². The van der Waals surface area contributed by atoms with Crippen molar-refractivity contribution in [2.45, 2.75) is 13.5 Å². The summed E-state index contributed by atoms with van der Waals surface area (Å²) >= 11 is 0. The van der Waals surface area contributed by atoms with E-state index >= 15 is 0 Å². The highest BCUT2D eigenvalue weighted by atomic mass is 16.5. The molecule has 27 heavy (non-hydrogen) atoms. The fraction of sp³-hybridized carbons (Fsp3) is 0.333. The van der Waals surface area contributed by atoms with Gasteiger partial charge < -0.3 is 14.5 Å². The van der Waals surface area contributed by atoms with Crippen LogP contribution in [0.2, 0.25) is 0 Å². The molecule has 2 aromatic carbocycles. The fourth-order valence-electron chi connectivity index (χ4n) is 3.25. The van der Waals surface area contributed by atoms with E-state index in [1.807, 2.05) is 11.0 Å². The largest absolute Gasteiger partial charge is 0.450 e. The van der Waals surface area contributed by atoms with Gasteiger partial charge in [-0.3, -0.25) is 10.1 Å². The summed E-state index contributed by atoms with van der Waals surface area (Å²) in [6.07, 6.45) is -0.492. The first-order valence-electron chi connectivity index (χ1n) is 9.36. The Balaban J connectivity index is 1.51. The molecule has 142 valence electrons. The third kappa shape index (κ3) is 5.31. The second-order valence-electron chi connectivity index (χ2n) is 6.63. The number of piperazine rings is 1. The van der Waals surface area contributed by atoms with Crippen LogP contribution in [0.5, 0.6) is 0 Å². The second-order valence-corrected chi connectivity index (χ2v) is 6.63. The van der Waals surface area contributed by atoms with Gasteiger partial charge in [0.2, 0.25) is 0 Å². The van der Waals surface area contributed by atoms with Crippen LogP contribution in [0, 0.1) is 0 Å². The number of ether oxygens (including phenoxy) is 1. The van der Waals surface area contributed by atoms with Crippen molar-refractivity contribution >= 4 is 17.7 Å². The lowest BCUT2D eigenvalue weighted by Crippen LogP contribution is -3.13. The number of carbonyl (C=O) groups is 2. The lowest BCUT2D eigenvalue weighted by atomic mass is 10.1. The molecule has 0 aromatic heterocycles. The van der Waals surface area contributed by atoms with Crippen molar-refractivity contribution in [2.75, 3.05) is 38.1 Å². The van der Waals surface area contributed by atoms with E-state index in [0.29, 0.717) is 17.9 Å². The Morgan fingerprint density at radius 3 is 2.33 bits per heavy atom. The molecule has 0 unspecified atom stereocenters. The van der Waals surface area contributed by atoms with Crippen molar-refractivity contribution < 1.29 is 19.2 Å². The quantitative estimate of drug-likeness (QED) is 0.846. The summed E-state index contributed by atoms with van der Waals surface area (Å²) in [7, 11) is 0. The van der Waals surface area contributed by atoms with Gasteiger partial charge in [0.1, 0.15) is 6.54 Å². The maximum atomic E-state index is 12.7. The van der Waals surface area contributed by atoms with Gasteiger partial charge in [-0.1, -0.05) is 30.3 Å². The minimum Gasteiger partial charge on any atom is -0.450 e. The smallest absolute Gasteiger partial charge is 0.411 e. The monoisotopic (exact) mass is 368 g/mol. The minimum absolute atomic E-state index is 0.0384. The lowest BCUT2D eigenvalue weighted by Gasteiger charge is -2.32. The predicted molar refractivity (Wildman–Crippen MR) is 104 cm³/mol. The molecule has 1 aliphatic rings. The van der Waals surface area contributed by atoms with Crippen LogP contribution < -0.4 is 10.2 Å². The van der Waals surface area contributed by atoms with Gasteiger partial charge in [-0.15, -0.1) is 0 Å². The van der Waals surface area contributed by atoms with E-state index in [4.69, 9.17) is 4.74 Å². The topological polar surface area (TPSA) is 63.1 Å². The maximum Gasteiger partial charge on any atom is 0.411 e. The maximum absolute atomic E-state index is 12.7. The van der Waals surface area contributed by atoms with Gasteiger partial charge in [-0.2, -0.15) is 0 Å². The lowest BCUT2D eigenvalue weighted by molar-refractivity contribution is -0.917. The van der Waals surface area contributed by atoms with E-state index < -0.39 is 6.09 Å². The van der Waals surface area contributed by atoms with Gasteiger partial charge in [0, 0.05) is 16.8 Å². The third-order valence-electron chi connectivity index (χ3n) is 4.71. The molecule has 1 fully saturated rings. The Kier molecular flexibility index (Phi) is 6.44. The SMILES string of the molecule is CCOC(=O)Nc1ccc(C(=O)N2CC[NH+](Cc3ccccc3)CC2)cc1. The van der Waals surface area contributed by atoms with Gasteiger partial charge in [0.05, 0.1) is 32.8 Å². The predicted octanol–water partition coefficient (Wildman–Crippen LogP) is 1.80. The van der Waals surface area contributed by atoms with Crippen LogP contribution >= 0.6 is 0 Å². The zero-order valence-corrected chi connectivity index (χ0v) is 15.6. The van der Waals surface area contributed by atoms with Gasteiger partial charge >= 0.3 is 6.09 Å². The van der Waals surface area contributed by atoms with E-state index in [0.717, 1.165) is 32.7 Å². The van der Waals surface area contributed by atoms with Gasteiger partial charge in [0.15, 0.2) is 0 Å². The van der Waals surface area contributed by atoms with Crippen molar-refractivity contribution in [3.63, 3.8) is 0 Å². The first-order chi connectivity index (χ1) is 13.2. The number of quaternary nitrogens is 1. The van der Waals surface area contributed by atoms with E-state index in [9.17, 15) is 9.59 Å². The van der Waals surface area contributed by atoms with Crippen molar-refractivity contribution in [3.8, 4) is 0 Å². The summed E-state index contributed by atoms with van der Waals surface area (Å²) in [5, 5.41) is 2.63. The standard InChI is InChI=1S/C21H25N3O3/c1-2-27-21(26)22-19-10-8-18(9-11-19)20(25)24-14-12-23(13-15-24)16-17-6-4-3-5-7-17/h3-11H,2,12-16H2,1H3,(H,22,26)/p+1. The highest BCUT2D eigenvalue weighted by Gasteiger charge is 2.24. The summed E-state index contributed by atoms with van der Waals surface area (Å²) < 4.78 is 4.84. The molecule has 3 rings (SSSR count). The van der Waals surface area contributed by atoms with Gasteiger partial charge in [0.25, 0.3) is 5.91 Å². The fourth-order valence-corrected chi connectivity index (χ4v) is 3.25. The average molecular weight is 368 g/mol. The van der Waals surface area contributed by atoms with E-state index in [2.05, 4.69) is 29.6 Å². The number of amides is 2. The molecule has 6 heteroatoms. The molecule has 2 aromatic rings. The number of hydrogen-bond donors (Lipinski definition) is 2. The molecule has 1 heterocycles. The van der Waals surface area contributed by atoms with Crippen molar-refractivity contribution in [1.82, 2.24) is 4.90 Å². The molecule has 2 amide bonds. The summed E-state index contributed by atoms with van der Waals surface area (Å²) in [5.41, 5.74) is 2.58. The van der Waals surface area contributed by atoms with Crippen LogP contribution in [0.3, 0.4) is 0 Å². The third-order valence-corrected chi connectivity index (χ3v) is 4.71. The van der Waals surface area contributed by atoms with Crippen LogP contribution in [0.25, 0.3) is 0 Å². The molecule has 0 spiro atoms. The molecule has 0 radical (unpaired) electrons. The Morgan fingerprint density at radius 2 is 1.70 bits per heavy atom. The second kappa shape index (κ2) is 9.19. The van der Waals surface area contributed by atoms with Crippen LogP contribution in [0.1, 0.15) is 22.8 Å². The normalized spacial score (nSPS) is 14.6. The molecule has 0 atom stereocenters. The number of anilines is 1. The zero-order valence-electron chi connectivity index (χ0n) is 15.6. The summed E-state index contributed by atoms with van der Waals surface area (Å²) in [5.74, 6) is 0.0384. The van der Waals surface area contributed by atoms with E-state index in [-0.39, 0.29) is 5.91 Å². The van der Waals surface area contributed by atoms with E-state index in [1.165, 1.54) is 10.5 Å². The number of rotatable bonds is 5. The zero-order chi connectivity index (χ0) is 19.1. The van der Waals surface area contributed by atoms with Crippen molar-refractivity contribution in [2.24, 2.45) is 0 Å². The number of hydrogen-bond acceptors (Lipinski definition) is 3. The molecule has 0 aliphatic carbocycles. The summed E-state index contributed by atoms with van der Waals surface area (Å²) in [6.45, 7) is 6.47. The first kappa shape index (κ1) is 18.9. The van der Waals surface area contributed by atoms with Gasteiger partial charge in [-0.25, -0.2) is 4.79 Å². The highest BCUT2D eigenvalue weighted by molar-refractivity contribution is 5.95. The van der Waals surface area contributed by atoms with Crippen LogP contribution in [0.15, 0.2) is 54.6 Å². The molecule has 1 saturated heterocycles. The number of benzene rings is 2. The highest BCUT2D eigenvalue weighted by Crippen LogP contribution is 2.12. The Hall–Kier alpha value is -2.86. The molecule has 6 nitrogen and oxygen atoms in total. The number of carbonyl (C=O) groups excluding carboxylic acids is 2.